The number of aromatic nitrogens is 3. The van der Waals surface area contributed by atoms with E-state index >= 15 is 0 Å². The molecule has 10 aromatic rings. The van der Waals surface area contributed by atoms with Crippen molar-refractivity contribution in [2.45, 2.75) is 0 Å². The van der Waals surface area contributed by atoms with Crippen LogP contribution in [0.3, 0.4) is 0 Å². The molecule has 6 heteroatoms. The Kier molecular flexibility index (Phi) is 8.84. The van der Waals surface area contributed by atoms with Gasteiger partial charge >= 0.3 is 0 Å². The van der Waals surface area contributed by atoms with Crippen molar-refractivity contribution in [3.63, 3.8) is 0 Å². The van der Waals surface area contributed by atoms with Crippen LogP contribution in [0.25, 0.3) is 101 Å². The minimum absolute atomic E-state index is 0.462. The van der Waals surface area contributed by atoms with Crippen LogP contribution in [0.5, 0.6) is 0 Å². The minimum atomic E-state index is 0.462. The number of rotatable bonds is 7. The van der Waals surface area contributed by atoms with E-state index in [1.807, 2.05) is 115 Å². The van der Waals surface area contributed by atoms with Crippen molar-refractivity contribution in [3.05, 3.63) is 199 Å². The first-order chi connectivity index (χ1) is 29.1. The summed E-state index contributed by atoms with van der Waals surface area (Å²) in [6, 6.07) is 66.9. The van der Waals surface area contributed by atoms with Crippen LogP contribution in [0.2, 0.25) is 0 Å². The molecule has 274 valence electrons. The largest absolute Gasteiger partial charge is 0.455 e. The third-order valence-corrected chi connectivity index (χ3v) is 10.6. The third-order valence-electron chi connectivity index (χ3n) is 10.6. The molecule has 0 unspecified atom stereocenters. The first-order valence-electron chi connectivity index (χ1n) is 19.2. The van der Waals surface area contributed by atoms with E-state index < -0.39 is 0 Å². The zero-order valence-corrected chi connectivity index (χ0v) is 31.5. The van der Waals surface area contributed by atoms with E-state index in [1.165, 1.54) is 0 Å². The van der Waals surface area contributed by atoms with Crippen LogP contribution in [0.1, 0.15) is 11.1 Å². The van der Waals surface area contributed by atoms with E-state index in [-0.39, 0.29) is 0 Å². The summed E-state index contributed by atoms with van der Waals surface area (Å²) in [6.07, 6.45) is 0. The molecule has 0 bridgehead atoms. The predicted molar refractivity (Wildman–Crippen MR) is 235 cm³/mol. The molecule has 59 heavy (non-hydrogen) atoms. The number of nitriles is 2. The quantitative estimate of drug-likeness (QED) is 0.161. The topological polar surface area (TPSA) is 99.4 Å². The molecule has 0 amide bonds. The van der Waals surface area contributed by atoms with Gasteiger partial charge in [-0.1, -0.05) is 127 Å². The zero-order chi connectivity index (χ0) is 39.7. The fourth-order valence-electron chi connectivity index (χ4n) is 7.71. The summed E-state index contributed by atoms with van der Waals surface area (Å²) >= 11 is 0. The van der Waals surface area contributed by atoms with Gasteiger partial charge in [-0.3, -0.25) is 0 Å². The van der Waals surface area contributed by atoms with Crippen LogP contribution >= 0.6 is 0 Å². The molecule has 0 atom stereocenters. The molecule has 0 radical (unpaired) electrons. The molecule has 8 aromatic carbocycles. The molecule has 0 N–H and O–H groups in total. The van der Waals surface area contributed by atoms with Gasteiger partial charge in [0.15, 0.2) is 17.5 Å². The summed E-state index contributed by atoms with van der Waals surface area (Å²) in [5, 5.41) is 21.6. The van der Waals surface area contributed by atoms with E-state index in [4.69, 9.17) is 19.4 Å². The highest BCUT2D eigenvalue weighted by Crippen LogP contribution is 2.44. The van der Waals surface area contributed by atoms with Gasteiger partial charge in [0.05, 0.1) is 28.8 Å². The second-order valence-corrected chi connectivity index (χ2v) is 14.3. The highest BCUT2D eigenvalue weighted by molar-refractivity contribution is 6.12. The summed E-state index contributed by atoms with van der Waals surface area (Å²) in [6.45, 7) is 0. The number of benzene rings is 8. The van der Waals surface area contributed by atoms with Gasteiger partial charge in [-0.15, -0.1) is 0 Å². The van der Waals surface area contributed by atoms with E-state index in [9.17, 15) is 10.5 Å². The lowest BCUT2D eigenvalue weighted by atomic mass is 9.90. The molecule has 2 heterocycles. The van der Waals surface area contributed by atoms with Crippen LogP contribution < -0.4 is 0 Å². The Bertz CT molecular complexity index is 3230. The normalized spacial score (nSPS) is 11.0. The van der Waals surface area contributed by atoms with Crippen LogP contribution in [-0.4, -0.2) is 15.0 Å². The zero-order valence-electron chi connectivity index (χ0n) is 31.5. The Morgan fingerprint density at radius 1 is 0.356 bits per heavy atom. The molecular weight excluding hydrogens is 723 g/mol. The average Bonchev–Trinajstić information content (AvgIpc) is 3.70. The van der Waals surface area contributed by atoms with Crippen LogP contribution in [0.15, 0.2) is 192 Å². The second-order valence-electron chi connectivity index (χ2n) is 14.3. The van der Waals surface area contributed by atoms with E-state index in [2.05, 4.69) is 72.8 Å². The minimum Gasteiger partial charge on any atom is -0.455 e. The SMILES string of the molecule is N#Cc1cccc(-c2cc(-c3cccc(C#N)c3)cc(-c3ccc4c(oc5ccccc54)c3-c3nc(-c4ccccc4)nc(-c4cccc(-c5ccccc5)c4)n3)c2)c1. The second kappa shape index (κ2) is 14.9. The molecule has 0 aliphatic heterocycles. The van der Waals surface area contributed by atoms with Crippen molar-refractivity contribution in [3.8, 4) is 90.8 Å². The lowest BCUT2D eigenvalue weighted by Gasteiger charge is -2.16. The van der Waals surface area contributed by atoms with Crippen molar-refractivity contribution >= 4 is 21.9 Å². The lowest BCUT2D eigenvalue weighted by molar-refractivity contribution is 0.669. The first kappa shape index (κ1) is 35.0. The van der Waals surface area contributed by atoms with Crippen molar-refractivity contribution in [2.24, 2.45) is 0 Å². The summed E-state index contributed by atoms with van der Waals surface area (Å²) in [4.78, 5) is 15.6. The van der Waals surface area contributed by atoms with Crippen molar-refractivity contribution in [1.82, 2.24) is 15.0 Å². The molecule has 6 nitrogen and oxygen atoms in total. The van der Waals surface area contributed by atoms with E-state index in [0.29, 0.717) is 34.2 Å². The molecule has 0 aliphatic carbocycles. The number of para-hydroxylation sites is 1. The molecule has 0 spiro atoms. The lowest BCUT2D eigenvalue weighted by Crippen LogP contribution is -2.01. The Morgan fingerprint density at radius 3 is 1.51 bits per heavy atom. The monoisotopic (exact) mass is 753 g/mol. The number of hydrogen-bond donors (Lipinski definition) is 0. The average molecular weight is 754 g/mol. The van der Waals surface area contributed by atoms with Gasteiger partial charge in [0, 0.05) is 21.9 Å². The van der Waals surface area contributed by atoms with Crippen LogP contribution in [0, 0.1) is 22.7 Å². The highest BCUT2D eigenvalue weighted by Gasteiger charge is 2.23. The summed E-state index contributed by atoms with van der Waals surface area (Å²) < 4.78 is 6.79. The summed E-state index contributed by atoms with van der Waals surface area (Å²) in [7, 11) is 0. The molecular formula is C53H31N5O. The van der Waals surface area contributed by atoms with Gasteiger partial charge < -0.3 is 4.42 Å². The van der Waals surface area contributed by atoms with E-state index in [0.717, 1.165) is 77.6 Å². The number of fused-ring (bicyclic) bond motifs is 3. The Balaban J connectivity index is 1.27. The van der Waals surface area contributed by atoms with Gasteiger partial charge in [-0.2, -0.15) is 10.5 Å². The van der Waals surface area contributed by atoms with Gasteiger partial charge in [0.2, 0.25) is 0 Å². The van der Waals surface area contributed by atoms with Crippen molar-refractivity contribution < 1.29 is 4.42 Å². The maximum atomic E-state index is 9.83. The molecule has 0 saturated carbocycles. The fourth-order valence-corrected chi connectivity index (χ4v) is 7.71. The fraction of sp³-hybridized carbons (Fsp3) is 0. The summed E-state index contributed by atoms with van der Waals surface area (Å²) in [5.41, 5.74) is 12.4. The maximum absolute atomic E-state index is 9.83. The number of furan rings is 1. The first-order valence-corrected chi connectivity index (χ1v) is 19.2. The standard InChI is InChI=1S/C53H31N5O/c54-32-34-12-9-18-38(26-34)42-29-43(39-19-10-13-35(27-39)33-55)31-44(30-42)45-24-25-47-46-22-7-8-23-48(46)59-50(47)49(45)53-57-51(37-16-5-2-6-17-37)56-52(58-53)41-21-11-20-40(28-41)36-14-3-1-4-15-36/h1-31H. The molecule has 10 rings (SSSR count). The summed E-state index contributed by atoms with van der Waals surface area (Å²) in [5.74, 6) is 1.52. The Labute approximate surface area is 340 Å². The highest BCUT2D eigenvalue weighted by atomic mass is 16.3. The Hall–Kier alpha value is -8.45. The van der Waals surface area contributed by atoms with Crippen LogP contribution in [0.4, 0.5) is 0 Å². The van der Waals surface area contributed by atoms with Gasteiger partial charge in [-0.05, 0) is 105 Å². The van der Waals surface area contributed by atoms with Gasteiger partial charge in [0.25, 0.3) is 0 Å². The van der Waals surface area contributed by atoms with E-state index in [1.54, 1.807) is 12.1 Å². The maximum Gasteiger partial charge on any atom is 0.168 e. The van der Waals surface area contributed by atoms with Gasteiger partial charge in [0.1, 0.15) is 11.2 Å². The smallest absolute Gasteiger partial charge is 0.168 e. The predicted octanol–water partition coefficient (Wildman–Crippen LogP) is 13.2. The third kappa shape index (κ3) is 6.68. The van der Waals surface area contributed by atoms with Crippen molar-refractivity contribution in [2.75, 3.05) is 0 Å². The van der Waals surface area contributed by atoms with Gasteiger partial charge in [-0.25, -0.2) is 15.0 Å². The number of hydrogen-bond acceptors (Lipinski definition) is 6. The Morgan fingerprint density at radius 2 is 0.847 bits per heavy atom. The molecule has 2 aromatic heterocycles. The van der Waals surface area contributed by atoms with Crippen molar-refractivity contribution in [1.29, 1.82) is 10.5 Å². The van der Waals surface area contributed by atoms with Crippen LogP contribution in [-0.2, 0) is 0 Å². The molecule has 0 fully saturated rings. The number of nitrogens with zero attached hydrogens (tertiary/aromatic N) is 5. The molecule has 0 saturated heterocycles. The molecule has 0 aliphatic rings.